The van der Waals surface area contributed by atoms with Crippen molar-refractivity contribution in [1.82, 2.24) is 19.9 Å². The molecule has 0 aromatic carbocycles. The maximum absolute atomic E-state index is 12.6. The highest BCUT2D eigenvalue weighted by molar-refractivity contribution is 7.14. The standard InChI is InChI=1S/C16H12F3N5O3S/c1-26-13-11(14(27-2)22-7-21-13)12(25)24-15-23-10(6-28-15)9-4-3-8(5-20-9)16(17,18)19/h3-7H,1-2H3,(H,23,24,25). The number of aromatic nitrogens is 4. The number of hydrogen-bond acceptors (Lipinski definition) is 8. The minimum atomic E-state index is -4.47. The largest absolute Gasteiger partial charge is 0.480 e. The lowest BCUT2D eigenvalue weighted by Crippen LogP contribution is -2.16. The van der Waals surface area contributed by atoms with Crippen molar-refractivity contribution in [2.75, 3.05) is 19.5 Å². The van der Waals surface area contributed by atoms with Gasteiger partial charge in [-0.25, -0.2) is 15.0 Å². The molecule has 12 heteroatoms. The highest BCUT2D eigenvalue weighted by atomic mass is 32.1. The molecule has 0 aliphatic rings. The van der Waals surface area contributed by atoms with Gasteiger partial charge >= 0.3 is 6.18 Å². The van der Waals surface area contributed by atoms with Crippen molar-refractivity contribution in [3.63, 3.8) is 0 Å². The summed E-state index contributed by atoms with van der Waals surface area (Å²) in [6.45, 7) is 0. The number of alkyl halides is 3. The summed E-state index contributed by atoms with van der Waals surface area (Å²) in [6.07, 6.45) is -2.56. The van der Waals surface area contributed by atoms with Crippen LogP contribution < -0.4 is 14.8 Å². The maximum atomic E-state index is 12.6. The smallest absolute Gasteiger partial charge is 0.417 e. The van der Waals surface area contributed by atoms with Crippen molar-refractivity contribution in [2.24, 2.45) is 0 Å². The molecule has 0 aliphatic heterocycles. The number of rotatable bonds is 5. The highest BCUT2D eigenvalue weighted by Gasteiger charge is 2.30. The van der Waals surface area contributed by atoms with Gasteiger partial charge in [-0.1, -0.05) is 0 Å². The SMILES string of the molecule is COc1ncnc(OC)c1C(=O)Nc1nc(-c2ccc(C(F)(F)F)cn2)cs1. The Hall–Kier alpha value is -3.28. The number of halogens is 3. The van der Waals surface area contributed by atoms with Crippen LogP contribution in [0.4, 0.5) is 18.3 Å². The van der Waals surface area contributed by atoms with Crippen LogP contribution in [0.1, 0.15) is 15.9 Å². The third-order valence-electron chi connectivity index (χ3n) is 3.47. The molecule has 0 spiro atoms. The fraction of sp³-hybridized carbons (Fsp3) is 0.188. The van der Waals surface area contributed by atoms with E-state index in [2.05, 4.69) is 25.3 Å². The first-order valence-corrected chi connectivity index (χ1v) is 8.45. The van der Waals surface area contributed by atoms with Crippen molar-refractivity contribution in [3.05, 3.63) is 41.2 Å². The first-order valence-electron chi connectivity index (χ1n) is 7.57. The second-order valence-corrected chi connectivity index (χ2v) is 6.05. The maximum Gasteiger partial charge on any atom is 0.417 e. The van der Waals surface area contributed by atoms with Crippen molar-refractivity contribution in [2.45, 2.75) is 6.18 Å². The zero-order valence-electron chi connectivity index (χ0n) is 14.4. The average Bonchev–Trinajstić information content (AvgIpc) is 3.15. The summed E-state index contributed by atoms with van der Waals surface area (Å²) >= 11 is 1.08. The zero-order valence-corrected chi connectivity index (χ0v) is 15.3. The minimum absolute atomic E-state index is 0.0168. The number of amides is 1. The number of anilines is 1. The van der Waals surface area contributed by atoms with Gasteiger partial charge in [-0.05, 0) is 12.1 Å². The van der Waals surface area contributed by atoms with Gasteiger partial charge in [0.05, 0.1) is 25.5 Å². The molecular weight excluding hydrogens is 399 g/mol. The van der Waals surface area contributed by atoms with Crippen LogP contribution in [0.25, 0.3) is 11.4 Å². The molecule has 3 aromatic heterocycles. The van der Waals surface area contributed by atoms with Gasteiger partial charge in [0.1, 0.15) is 12.0 Å². The van der Waals surface area contributed by atoms with Gasteiger partial charge in [0.2, 0.25) is 11.8 Å². The lowest BCUT2D eigenvalue weighted by molar-refractivity contribution is -0.137. The van der Waals surface area contributed by atoms with Gasteiger partial charge in [-0.2, -0.15) is 13.2 Å². The quantitative estimate of drug-likeness (QED) is 0.688. The first-order chi connectivity index (χ1) is 13.3. The molecule has 0 saturated heterocycles. The summed E-state index contributed by atoms with van der Waals surface area (Å²) in [5, 5.41) is 4.31. The van der Waals surface area contributed by atoms with Crippen LogP contribution in [-0.4, -0.2) is 40.1 Å². The normalized spacial score (nSPS) is 11.2. The fourth-order valence-electron chi connectivity index (χ4n) is 2.18. The molecule has 146 valence electrons. The number of carbonyl (C=O) groups excluding carboxylic acids is 1. The van der Waals surface area contributed by atoms with E-state index >= 15 is 0 Å². The first kappa shape index (κ1) is 19.5. The summed E-state index contributed by atoms with van der Waals surface area (Å²) < 4.78 is 48.0. The topological polar surface area (TPSA) is 99.1 Å². The van der Waals surface area contributed by atoms with Gasteiger partial charge in [0.25, 0.3) is 5.91 Å². The van der Waals surface area contributed by atoms with E-state index in [1.54, 1.807) is 5.38 Å². The number of pyridine rings is 1. The van der Waals surface area contributed by atoms with E-state index < -0.39 is 17.6 Å². The number of hydrogen-bond donors (Lipinski definition) is 1. The second kappa shape index (κ2) is 7.76. The Morgan fingerprint density at radius 3 is 2.29 bits per heavy atom. The van der Waals surface area contributed by atoms with Crippen LogP contribution in [0, 0.1) is 0 Å². The molecule has 8 nitrogen and oxygen atoms in total. The Balaban J connectivity index is 1.81. The summed E-state index contributed by atoms with van der Waals surface area (Å²) in [5.74, 6) is -0.577. The highest BCUT2D eigenvalue weighted by Crippen LogP contribution is 2.31. The third kappa shape index (κ3) is 4.01. The molecule has 0 saturated carbocycles. The lowest BCUT2D eigenvalue weighted by atomic mass is 10.2. The van der Waals surface area contributed by atoms with E-state index in [9.17, 15) is 18.0 Å². The Bertz CT molecular complexity index is 970. The van der Waals surface area contributed by atoms with Crippen molar-refractivity contribution < 1.29 is 27.4 Å². The minimum Gasteiger partial charge on any atom is -0.480 e. The molecule has 0 atom stereocenters. The molecule has 3 rings (SSSR count). The summed E-state index contributed by atoms with van der Waals surface area (Å²) in [6, 6.07) is 2.12. The number of methoxy groups -OCH3 is 2. The van der Waals surface area contributed by atoms with E-state index in [0.29, 0.717) is 5.69 Å². The van der Waals surface area contributed by atoms with Gasteiger partial charge in [-0.3, -0.25) is 15.1 Å². The van der Waals surface area contributed by atoms with Gasteiger partial charge < -0.3 is 9.47 Å². The monoisotopic (exact) mass is 411 g/mol. The van der Waals surface area contributed by atoms with Crippen LogP contribution >= 0.6 is 11.3 Å². The van der Waals surface area contributed by atoms with E-state index in [0.717, 1.165) is 23.6 Å². The molecular formula is C16H12F3N5O3S. The van der Waals surface area contributed by atoms with E-state index in [-0.39, 0.29) is 28.1 Å². The number of carbonyl (C=O) groups is 1. The summed E-state index contributed by atoms with van der Waals surface area (Å²) in [5.41, 5.74) is -0.319. The van der Waals surface area contributed by atoms with Crippen LogP contribution in [-0.2, 0) is 6.18 Å². The second-order valence-electron chi connectivity index (χ2n) is 5.19. The molecule has 0 bridgehead atoms. The number of ether oxygens (including phenoxy) is 2. The average molecular weight is 411 g/mol. The zero-order chi connectivity index (χ0) is 20.3. The van der Waals surface area contributed by atoms with Crippen molar-refractivity contribution in [1.29, 1.82) is 0 Å². The molecule has 3 heterocycles. The molecule has 0 radical (unpaired) electrons. The van der Waals surface area contributed by atoms with Crippen LogP contribution in [0.3, 0.4) is 0 Å². The van der Waals surface area contributed by atoms with Crippen LogP contribution in [0.5, 0.6) is 11.8 Å². The predicted molar refractivity (Wildman–Crippen MR) is 93.4 cm³/mol. The lowest BCUT2D eigenvalue weighted by Gasteiger charge is -2.09. The Morgan fingerprint density at radius 2 is 1.75 bits per heavy atom. The Labute approximate surface area is 160 Å². The summed E-state index contributed by atoms with van der Waals surface area (Å²) in [7, 11) is 2.69. The molecule has 1 N–H and O–H groups in total. The van der Waals surface area contributed by atoms with Crippen molar-refractivity contribution >= 4 is 22.4 Å². The predicted octanol–water partition coefficient (Wildman–Crippen LogP) is 3.28. The molecule has 28 heavy (non-hydrogen) atoms. The van der Waals surface area contributed by atoms with E-state index in [1.165, 1.54) is 26.6 Å². The molecule has 1 amide bonds. The van der Waals surface area contributed by atoms with Gasteiger partial charge in [0, 0.05) is 11.6 Å². The summed E-state index contributed by atoms with van der Waals surface area (Å²) in [4.78, 5) is 28.2. The van der Waals surface area contributed by atoms with Crippen molar-refractivity contribution in [3.8, 4) is 23.1 Å². The fourth-order valence-corrected chi connectivity index (χ4v) is 2.88. The molecule has 3 aromatic rings. The number of nitrogens with one attached hydrogen (secondary N) is 1. The van der Waals surface area contributed by atoms with E-state index in [1.807, 2.05) is 0 Å². The Kier molecular flexibility index (Phi) is 5.40. The molecule has 0 unspecified atom stereocenters. The number of nitrogens with zero attached hydrogens (tertiary/aromatic N) is 4. The van der Waals surface area contributed by atoms with E-state index in [4.69, 9.17) is 9.47 Å². The van der Waals surface area contributed by atoms with Gasteiger partial charge in [0.15, 0.2) is 10.7 Å². The van der Waals surface area contributed by atoms with Crippen LogP contribution in [0.2, 0.25) is 0 Å². The molecule has 0 aliphatic carbocycles. The van der Waals surface area contributed by atoms with Crippen LogP contribution in [0.15, 0.2) is 30.0 Å². The third-order valence-corrected chi connectivity index (χ3v) is 4.23. The molecule has 0 fully saturated rings. The van der Waals surface area contributed by atoms with Gasteiger partial charge in [-0.15, -0.1) is 11.3 Å². The number of thiazole rings is 1. The Morgan fingerprint density at radius 1 is 1.07 bits per heavy atom.